The number of rotatable bonds is 8. The third-order valence-electron chi connectivity index (χ3n) is 5.70. The number of alkyl carbamates (subject to hydrolysis) is 1. The zero-order valence-corrected chi connectivity index (χ0v) is 18.3. The zero-order valence-electron chi connectivity index (χ0n) is 18.3. The van der Waals surface area contributed by atoms with Crippen molar-refractivity contribution in [3.63, 3.8) is 0 Å². The van der Waals surface area contributed by atoms with E-state index in [-0.39, 0.29) is 18.1 Å². The van der Waals surface area contributed by atoms with Crippen molar-refractivity contribution in [3.8, 4) is 16.9 Å². The van der Waals surface area contributed by atoms with Crippen LogP contribution >= 0.6 is 0 Å². The highest BCUT2D eigenvalue weighted by atomic mass is 16.5. The van der Waals surface area contributed by atoms with Gasteiger partial charge in [-0.1, -0.05) is 72.8 Å². The number of aromatic carboxylic acids is 1. The minimum atomic E-state index is -1.04. The highest BCUT2D eigenvalue weighted by molar-refractivity contribution is 5.92. The molecule has 2 N–H and O–H groups in total. The van der Waals surface area contributed by atoms with Gasteiger partial charge < -0.3 is 19.9 Å². The molecule has 0 saturated carbocycles. The quantitative estimate of drug-likeness (QED) is 0.460. The Labute approximate surface area is 192 Å². The molecule has 0 aromatic heterocycles. The molecule has 1 aliphatic rings. The lowest BCUT2D eigenvalue weighted by atomic mass is 9.98. The highest BCUT2D eigenvalue weighted by Crippen LogP contribution is 2.44. The summed E-state index contributed by atoms with van der Waals surface area (Å²) >= 11 is 0. The molecule has 1 amide bonds. The van der Waals surface area contributed by atoms with Crippen LogP contribution in [0, 0.1) is 0 Å². The van der Waals surface area contributed by atoms with Crippen LogP contribution in [0.3, 0.4) is 0 Å². The fourth-order valence-electron chi connectivity index (χ4n) is 4.20. The molecule has 3 aromatic carbocycles. The van der Waals surface area contributed by atoms with Crippen molar-refractivity contribution in [2.24, 2.45) is 0 Å². The lowest BCUT2D eigenvalue weighted by Crippen LogP contribution is -2.26. The minimum absolute atomic E-state index is 0.0250. The number of benzene rings is 3. The second-order valence-electron chi connectivity index (χ2n) is 7.68. The SMILES string of the molecule is COc1c(C=CCCNC(=O)OCC2c3ccccc3-c3ccccc32)cccc1C(=O)O. The molecule has 0 bridgehead atoms. The zero-order chi connectivity index (χ0) is 23.2. The normalized spacial score (nSPS) is 12.3. The molecule has 1 aliphatic carbocycles. The number of carbonyl (C=O) groups excluding carboxylic acids is 1. The van der Waals surface area contributed by atoms with Gasteiger partial charge in [0.1, 0.15) is 17.9 Å². The second kappa shape index (κ2) is 10.0. The van der Waals surface area contributed by atoms with E-state index in [4.69, 9.17) is 9.47 Å². The Hall–Kier alpha value is -4.06. The van der Waals surface area contributed by atoms with Crippen LogP contribution in [0.5, 0.6) is 5.75 Å². The summed E-state index contributed by atoms with van der Waals surface area (Å²) in [7, 11) is 1.44. The minimum Gasteiger partial charge on any atom is -0.495 e. The van der Waals surface area contributed by atoms with Gasteiger partial charge in [0.2, 0.25) is 0 Å². The van der Waals surface area contributed by atoms with E-state index in [1.54, 1.807) is 18.2 Å². The third kappa shape index (κ3) is 4.75. The van der Waals surface area contributed by atoms with Crippen LogP contribution in [0.4, 0.5) is 4.79 Å². The van der Waals surface area contributed by atoms with Crippen molar-refractivity contribution < 1.29 is 24.2 Å². The van der Waals surface area contributed by atoms with Gasteiger partial charge in [-0.15, -0.1) is 0 Å². The molecule has 6 nitrogen and oxygen atoms in total. The van der Waals surface area contributed by atoms with Crippen molar-refractivity contribution >= 4 is 18.1 Å². The molecule has 0 saturated heterocycles. The second-order valence-corrected chi connectivity index (χ2v) is 7.68. The van der Waals surface area contributed by atoms with Gasteiger partial charge in [0, 0.05) is 18.0 Å². The number of hydrogen-bond acceptors (Lipinski definition) is 4. The first-order valence-corrected chi connectivity index (χ1v) is 10.8. The van der Waals surface area contributed by atoms with Gasteiger partial charge in [-0.05, 0) is 34.7 Å². The molecule has 0 spiro atoms. The van der Waals surface area contributed by atoms with Crippen LogP contribution in [-0.4, -0.2) is 37.4 Å². The van der Waals surface area contributed by atoms with E-state index in [2.05, 4.69) is 29.6 Å². The average molecular weight is 443 g/mol. The van der Waals surface area contributed by atoms with Crippen LogP contribution in [0.25, 0.3) is 17.2 Å². The maximum atomic E-state index is 12.2. The number of nitrogens with one attached hydrogen (secondary N) is 1. The van der Waals surface area contributed by atoms with E-state index in [1.165, 1.54) is 35.4 Å². The Bertz CT molecular complexity index is 1160. The summed E-state index contributed by atoms with van der Waals surface area (Å²) in [6, 6.07) is 21.4. The molecule has 3 aromatic rings. The van der Waals surface area contributed by atoms with Crippen LogP contribution < -0.4 is 10.1 Å². The van der Waals surface area contributed by atoms with Crippen LogP contribution in [0.2, 0.25) is 0 Å². The lowest BCUT2D eigenvalue weighted by Gasteiger charge is -2.14. The lowest BCUT2D eigenvalue weighted by molar-refractivity contribution is 0.0693. The van der Waals surface area contributed by atoms with Gasteiger partial charge in [0.05, 0.1) is 7.11 Å². The molecule has 33 heavy (non-hydrogen) atoms. The first kappa shape index (κ1) is 22.1. The van der Waals surface area contributed by atoms with E-state index < -0.39 is 12.1 Å². The van der Waals surface area contributed by atoms with E-state index in [0.717, 1.165) is 0 Å². The molecule has 0 fully saturated rings. The maximum absolute atomic E-state index is 12.2. The van der Waals surface area contributed by atoms with E-state index in [0.29, 0.717) is 24.3 Å². The Balaban J connectivity index is 1.29. The third-order valence-corrected chi connectivity index (χ3v) is 5.70. The smallest absolute Gasteiger partial charge is 0.407 e. The van der Waals surface area contributed by atoms with E-state index in [9.17, 15) is 14.7 Å². The van der Waals surface area contributed by atoms with Crippen molar-refractivity contribution in [2.45, 2.75) is 12.3 Å². The highest BCUT2D eigenvalue weighted by Gasteiger charge is 2.28. The van der Waals surface area contributed by atoms with Gasteiger partial charge in [0.25, 0.3) is 0 Å². The number of ether oxygens (including phenoxy) is 2. The summed E-state index contributed by atoms with van der Waals surface area (Å²) in [6.45, 7) is 0.670. The number of fused-ring (bicyclic) bond motifs is 3. The molecule has 4 rings (SSSR count). The van der Waals surface area contributed by atoms with Crippen LogP contribution in [0.1, 0.15) is 39.4 Å². The average Bonchev–Trinajstić information content (AvgIpc) is 3.16. The first-order valence-electron chi connectivity index (χ1n) is 10.8. The van der Waals surface area contributed by atoms with Crippen molar-refractivity contribution in [1.82, 2.24) is 5.32 Å². The number of para-hydroxylation sites is 1. The fraction of sp³-hybridized carbons (Fsp3) is 0.185. The van der Waals surface area contributed by atoms with Gasteiger partial charge in [-0.3, -0.25) is 0 Å². The molecule has 0 radical (unpaired) electrons. The topological polar surface area (TPSA) is 84.9 Å². The number of carboxylic acid groups (broad SMARTS) is 1. The maximum Gasteiger partial charge on any atom is 0.407 e. The van der Waals surface area contributed by atoms with Gasteiger partial charge in [-0.2, -0.15) is 0 Å². The predicted octanol–water partition coefficient (Wildman–Crippen LogP) is 5.34. The van der Waals surface area contributed by atoms with Crippen LogP contribution in [0.15, 0.2) is 72.8 Å². The number of methoxy groups -OCH3 is 1. The summed E-state index contributed by atoms with van der Waals surface area (Å²) in [5.41, 5.74) is 5.50. The predicted molar refractivity (Wildman–Crippen MR) is 127 cm³/mol. The summed E-state index contributed by atoms with van der Waals surface area (Å²) in [5, 5.41) is 12.0. The Morgan fingerprint density at radius 3 is 2.27 bits per heavy atom. The Kier molecular flexibility index (Phi) is 6.74. The van der Waals surface area contributed by atoms with Crippen molar-refractivity contribution in [1.29, 1.82) is 0 Å². The molecular weight excluding hydrogens is 418 g/mol. The van der Waals surface area contributed by atoms with Gasteiger partial charge >= 0.3 is 12.1 Å². The summed E-state index contributed by atoms with van der Waals surface area (Å²) in [5.74, 6) is -0.707. The Morgan fingerprint density at radius 2 is 1.64 bits per heavy atom. The van der Waals surface area contributed by atoms with Crippen LogP contribution in [-0.2, 0) is 4.74 Å². The number of carboxylic acids is 1. The summed E-state index contributed by atoms with van der Waals surface area (Å²) in [6.07, 6.45) is 3.73. The monoisotopic (exact) mass is 443 g/mol. The number of amides is 1. The Morgan fingerprint density at radius 1 is 0.970 bits per heavy atom. The standard InChI is InChI=1S/C27H25NO5/c1-32-25-18(10-8-15-23(25)26(29)30)9-6-7-16-28-27(31)33-17-24-21-13-4-2-11-19(21)20-12-3-5-14-22(20)24/h2-6,8-15,24H,7,16-17H2,1H3,(H,28,31)(H,29,30). The molecule has 0 heterocycles. The molecule has 0 unspecified atom stereocenters. The first-order chi connectivity index (χ1) is 16.1. The van der Waals surface area contributed by atoms with Gasteiger partial charge in [0.15, 0.2) is 0 Å². The number of hydrogen-bond donors (Lipinski definition) is 2. The van der Waals surface area contributed by atoms with Crippen molar-refractivity contribution in [3.05, 3.63) is 95.1 Å². The van der Waals surface area contributed by atoms with Crippen molar-refractivity contribution in [2.75, 3.05) is 20.3 Å². The molecule has 6 heteroatoms. The summed E-state index contributed by atoms with van der Waals surface area (Å²) < 4.78 is 10.8. The summed E-state index contributed by atoms with van der Waals surface area (Å²) in [4.78, 5) is 23.5. The largest absolute Gasteiger partial charge is 0.495 e. The van der Waals surface area contributed by atoms with Gasteiger partial charge in [-0.25, -0.2) is 9.59 Å². The number of carbonyl (C=O) groups is 2. The molecule has 0 atom stereocenters. The van der Waals surface area contributed by atoms with E-state index in [1.807, 2.05) is 30.3 Å². The molecular formula is C27H25NO5. The fourth-order valence-corrected chi connectivity index (χ4v) is 4.20. The molecule has 0 aliphatic heterocycles. The molecule has 168 valence electrons. The van der Waals surface area contributed by atoms with E-state index >= 15 is 0 Å².